The monoisotopic (exact) mass is 357 g/mol. The van der Waals surface area contributed by atoms with Gasteiger partial charge in [0.15, 0.2) is 9.84 Å². The molecule has 0 N–H and O–H groups in total. The zero-order valence-electron chi connectivity index (χ0n) is 13.4. The van der Waals surface area contributed by atoms with Crippen LogP contribution in [0.25, 0.3) is 0 Å². The first-order valence-electron chi connectivity index (χ1n) is 8.17. The average Bonchev–Trinajstić information content (AvgIpc) is 3.09. The Balaban J connectivity index is 1.94. The van der Waals surface area contributed by atoms with Crippen LogP contribution in [0, 0.1) is 0 Å². The van der Waals surface area contributed by atoms with Crippen molar-refractivity contribution in [2.75, 3.05) is 18.1 Å². The Morgan fingerprint density at radius 1 is 1.22 bits per heavy atom. The van der Waals surface area contributed by atoms with Crippen LogP contribution in [-0.2, 0) is 32.7 Å². The van der Waals surface area contributed by atoms with Gasteiger partial charge in [0.1, 0.15) is 0 Å². The van der Waals surface area contributed by atoms with E-state index in [2.05, 4.69) is 0 Å². The quantitative estimate of drug-likeness (QED) is 0.805. The van der Waals surface area contributed by atoms with Gasteiger partial charge in [-0.2, -0.15) is 4.31 Å². The summed E-state index contributed by atoms with van der Waals surface area (Å²) in [6.45, 7) is 2.27. The van der Waals surface area contributed by atoms with E-state index in [1.165, 1.54) is 9.87 Å². The summed E-state index contributed by atoms with van der Waals surface area (Å²) in [5, 5.41) is 0. The Labute approximate surface area is 138 Å². The summed E-state index contributed by atoms with van der Waals surface area (Å²) in [4.78, 5) is 0.302. The number of hydrogen-bond acceptors (Lipinski definition) is 4. The molecule has 5 nitrogen and oxygen atoms in total. The number of nitrogens with zero attached hydrogens (tertiary/aromatic N) is 1. The third-order valence-corrected chi connectivity index (χ3v) is 8.43. The Bertz CT molecular complexity index is 799. The normalized spacial score (nSPS) is 23.3. The number of fused-ring (bicyclic) bond motifs is 1. The van der Waals surface area contributed by atoms with Crippen LogP contribution in [-0.4, -0.2) is 45.2 Å². The molecule has 1 heterocycles. The second-order valence-corrected chi connectivity index (χ2v) is 10.6. The molecule has 1 aliphatic carbocycles. The molecule has 1 atom stereocenters. The van der Waals surface area contributed by atoms with Crippen LogP contribution in [0.2, 0.25) is 0 Å². The summed E-state index contributed by atoms with van der Waals surface area (Å²) in [5.74, 6) is 0.0226. The van der Waals surface area contributed by atoms with Crippen molar-refractivity contribution in [1.29, 1.82) is 0 Å². The van der Waals surface area contributed by atoms with Gasteiger partial charge in [-0.3, -0.25) is 0 Å². The van der Waals surface area contributed by atoms with Crippen molar-refractivity contribution in [3.8, 4) is 0 Å². The molecule has 0 bridgehead atoms. The first-order chi connectivity index (χ1) is 10.8. The molecule has 2 aliphatic rings. The third-order valence-electron chi connectivity index (χ3n) is 4.74. The Morgan fingerprint density at radius 2 is 1.96 bits per heavy atom. The minimum Gasteiger partial charge on any atom is -0.229 e. The van der Waals surface area contributed by atoms with Crippen molar-refractivity contribution < 1.29 is 16.8 Å². The SMILES string of the molecule is CCCN([C@@H]1CCS(=O)(=O)C1)S(=O)(=O)c1ccc2c(c1)CCC2. The van der Waals surface area contributed by atoms with Gasteiger partial charge in [0.25, 0.3) is 0 Å². The lowest BCUT2D eigenvalue weighted by Crippen LogP contribution is -2.41. The summed E-state index contributed by atoms with van der Waals surface area (Å²) in [5.41, 5.74) is 2.34. The molecule has 7 heteroatoms. The van der Waals surface area contributed by atoms with Gasteiger partial charge in [-0.05, 0) is 55.4 Å². The van der Waals surface area contributed by atoms with E-state index in [9.17, 15) is 16.8 Å². The number of sulfone groups is 1. The fraction of sp³-hybridized carbons (Fsp3) is 0.625. The Hall–Kier alpha value is -0.920. The first-order valence-corrected chi connectivity index (χ1v) is 11.4. The van der Waals surface area contributed by atoms with Crippen molar-refractivity contribution in [2.24, 2.45) is 0 Å². The molecular formula is C16H23NO4S2. The Morgan fingerprint density at radius 3 is 2.61 bits per heavy atom. The highest BCUT2D eigenvalue weighted by Crippen LogP contribution is 2.29. The summed E-state index contributed by atoms with van der Waals surface area (Å²) in [6.07, 6.45) is 4.06. The molecule has 0 amide bonds. The smallest absolute Gasteiger partial charge is 0.229 e. The van der Waals surface area contributed by atoms with Crippen LogP contribution in [0.3, 0.4) is 0 Å². The predicted molar refractivity (Wildman–Crippen MR) is 89.7 cm³/mol. The highest BCUT2D eigenvalue weighted by molar-refractivity contribution is 7.92. The fourth-order valence-electron chi connectivity index (χ4n) is 3.57. The van der Waals surface area contributed by atoms with Gasteiger partial charge >= 0.3 is 0 Å². The van der Waals surface area contributed by atoms with Crippen molar-refractivity contribution in [1.82, 2.24) is 4.31 Å². The van der Waals surface area contributed by atoms with Crippen LogP contribution in [0.1, 0.15) is 37.3 Å². The van der Waals surface area contributed by atoms with E-state index in [1.54, 1.807) is 12.1 Å². The largest absolute Gasteiger partial charge is 0.243 e. The van der Waals surface area contributed by atoms with Crippen LogP contribution < -0.4 is 0 Å². The summed E-state index contributed by atoms with van der Waals surface area (Å²) in [6, 6.07) is 4.93. The van der Waals surface area contributed by atoms with Gasteiger partial charge in [0, 0.05) is 12.6 Å². The number of rotatable bonds is 5. The molecule has 0 aromatic heterocycles. The summed E-state index contributed by atoms with van der Waals surface area (Å²) in [7, 11) is -6.77. The van der Waals surface area contributed by atoms with Crippen LogP contribution in [0.4, 0.5) is 0 Å². The van der Waals surface area contributed by atoms with Crippen LogP contribution in [0.5, 0.6) is 0 Å². The van der Waals surface area contributed by atoms with E-state index in [0.717, 1.165) is 24.8 Å². The second kappa shape index (κ2) is 6.18. The maximum absolute atomic E-state index is 13.1. The van der Waals surface area contributed by atoms with Gasteiger partial charge in [-0.1, -0.05) is 13.0 Å². The zero-order valence-corrected chi connectivity index (χ0v) is 15.0. The first kappa shape index (κ1) is 16.9. The molecule has 0 spiro atoms. The fourth-order valence-corrected chi connectivity index (χ4v) is 7.19. The number of hydrogen-bond donors (Lipinski definition) is 0. The van der Waals surface area contributed by atoms with E-state index in [1.807, 2.05) is 13.0 Å². The van der Waals surface area contributed by atoms with Crippen LogP contribution in [0.15, 0.2) is 23.1 Å². The van der Waals surface area contributed by atoms with E-state index in [-0.39, 0.29) is 11.5 Å². The summed E-state index contributed by atoms with van der Waals surface area (Å²) < 4.78 is 51.0. The maximum Gasteiger partial charge on any atom is 0.243 e. The van der Waals surface area contributed by atoms with Crippen molar-refractivity contribution in [3.63, 3.8) is 0 Å². The molecule has 0 unspecified atom stereocenters. The zero-order chi connectivity index (χ0) is 16.7. The molecule has 1 aliphatic heterocycles. The highest BCUT2D eigenvalue weighted by atomic mass is 32.2. The van der Waals surface area contributed by atoms with Gasteiger partial charge in [-0.25, -0.2) is 16.8 Å². The molecule has 0 saturated carbocycles. The number of aryl methyl sites for hydroxylation is 2. The minimum atomic E-state index is -3.65. The minimum absolute atomic E-state index is 0.0584. The topological polar surface area (TPSA) is 71.5 Å². The average molecular weight is 357 g/mol. The molecule has 1 fully saturated rings. The molecule has 1 aromatic carbocycles. The van der Waals surface area contributed by atoms with Gasteiger partial charge in [0.2, 0.25) is 10.0 Å². The van der Waals surface area contributed by atoms with E-state index in [4.69, 9.17) is 0 Å². The summed E-state index contributed by atoms with van der Waals surface area (Å²) >= 11 is 0. The maximum atomic E-state index is 13.1. The van der Waals surface area contributed by atoms with E-state index in [0.29, 0.717) is 24.3 Å². The van der Waals surface area contributed by atoms with Crippen molar-refractivity contribution in [3.05, 3.63) is 29.3 Å². The molecule has 1 saturated heterocycles. The number of sulfonamides is 1. The lowest BCUT2D eigenvalue weighted by molar-refractivity contribution is 0.340. The van der Waals surface area contributed by atoms with E-state index >= 15 is 0 Å². The molecule has 23 heavy (non-hydrogen) atoms. The molecule has 128 valence electrons. The van der Waals surface area contributed by atoms with Gasteiger partial charge < -0.3 is 0 Å². The second-order valence-electron chi connectivity index (χ2n) is 6.46. The van der Waals surface area contributed by atoms with Gasteiger partial charge in [-0.15, -0.1) is 0 Å². The van der Waals surface area contributed by atoms with Crippen molar-refractivity contribution in [2.45, 2.75) is 50.0 Å². The van der Waals surface area contributed by atoms with Crippen molar-refractivity contribution >= 4 is 19.9 Å². The molecular weight excluding hydrogens is 334 g/mol. The third kappa shape index (κ3) is 3.32. The Kier molecular flexibility index (Phi) is 4.55. The van der Waals surface area contributed by atoms with Gasteiger partial charge in [0.05, 0.1) is 16.4 Å². The lowest BCUT2D eigenvalue weighted by Gasteiger charge is -2.27. The predicted octanol–water partition coefficient (Wildman–Crippen LogP) is 1.76. The highest BCUT2D eigenvalue weighted by Gasteiger charge is 2.38. The molecule has 3 rings (SSSR count). The van der Waals surface area contributed by atoms with E-state index < -0.39 is 25.9 Å². The standard InChI is InChI=1S/C16H23NO4S2/c1-2-9-17(15-8-10-22(18,19)12-15)23(20,21)16-7-6-13-4-3-5-14(13)11-16/h6-7,11,15H,2-5,8-10,12H2,1H3/t15-/m1/s1. The molecule has 0 radical (unpaired) electrons. The van der Waals surface area contributed by atoms with Crippen LogP contribution >= 0.6 is 0 Å². The lowest BCUT2D eigenvalue weighted by atomic mass is 10.1. The number of benzene rings is 1. The molecule has 1 aromatic rings.